The number of hydrogen-bond acceptors (Lipinski definition) is 9. The summed E-state index contributed by atoms with van der Waals surface area (Å²) >= 11 is 0. The smallest absolute Gasteiger partial charge is 0.426 e. The molecular formula is C24H27F6N5O6. The van der Waals surface area contributed by atoms with Crippen molar-refractivity contribution in [3.63, 3.8) is 0 Å². The lowest BCUT2D eigenvalue weighted by atomic mass is 9.94. The monoisotopic (exact) mass is 595 g/mol. The van der Waals surface area contributed by atoms with Gasteiger partial charge in [-0.25, -0.2) is 9.78 Å². The lowest BCUT2D eigenvalue weighted by molar-refractivity contribution is -0.277. The number of aliphatic hydroxyl groups is 1. The van der Waals surface area contributed by atoms with E-state index < -0.39 is 89.2 Å². The first-order valence-corrected chi connectivity index (χ1v) is 12.6. The molecule has 4 heterocycles. The summed E-state index contributed by atoms with van der Waals surface area (Å²) in [5.74, 6) is -3.83. The molecule has 0 aliphatic carbocycles. The highest BCUT2D eigenvalue weighted by Crippen LogP contribution is 2.45. The molecule has 0 saturated carbocycles. The standard InChI is InChI=1S/C24H27F6N5O6/c1-21(2,3)41-20(37)31-14-9-13(23(25,26)27)17-32-16(14)18-33-34-19(40-18)22(38,24(28,29)30)8-6-4-5-7-12-10-39-11-15(36)35(12)17/h9,12,38H,4-8,10-11H2,1-3H3,(H,31,37)/t12-,22?/m1/s1. The van der Waals surface area contributed by atoms with Crippen molar-refractivity contribution in [2.75, 3.05) is 23.4 Å². The van der Waals surface area contributed by atoms with Gasteiger partial charge < -0.3 is 19.0 Å². The SMILES string of the molecule is CC(C)(C)OC(=O)Nc1cc(C(F)(F)F)c2nc1-c1nnc(o1)C(O)(C(F)(F)F)CCCCC[C@@H]1COCC(=O)N21. The fourth-order valence-corrected chi connectivity index (χ4v) is 4.49. The summed E-state index contributed by atoms with van der Waals surface area (Å²) in [5, 5.41) is 19.5. The summed E-state index contributed by atoms with van der Waals surface area (Å²) in [7, 11) is 0. The lowest BCUT2D eigenvalue weighted by Crippen LogP contribution is -2.50. The number of alkyl halides is 6. The normalized spacial score (nSPS) is 22.5. The first-order chi connectivity index (χ1) is 18.9. The largest absolute Gasteiger partial charge is 0.444 e. The Morgan fingerprint density at radius 1 is 1.15 bits per heavy atom. The average Bonchev–Trinajstić information content (AvgIpc) is 3.31. The zero-order chi connectivity index (χ0) is 30.4. The van der Waals surface area contributed by atoms with Crippen LogP contribution in [0.25, 0.3) is 11.6 Å². The molecule has 1 unspecified atom stereocenters. The summed E-state index contributed by atoms with van der Waals surface area (Å²) in [6.45, 7) is 3.78. The Morgan fingerprint density at radius 2 is 1.85 bits per heavy atom. The number of anilines is 2. The molecule has 2 atom stereocenters. The second-order valence-corrected chi connectivity index (χ2v) is 10.7. The predicted octanol–water partition coefficient (Wildman–Crippen LogP) is 4.94. The van der Waals surface area contributed by atoms with Crippen LogP contribution in [0.4, 0.5) is 42.6 Å². The maximum absolute atomic E-state index is 14.4. The van der Waals surface area contributed by atoms with E-state index in [0.717, 1.165) is 4.90 Å². The zero-order valence-electron chi connectivity index (χ0n) is 22.1. The molecule has 17 heteroatoms. The summed E-state index contributed by atoms with van der Waals surface area (Å²) in [6, 6.07) is -0.488. The van der Waals surface area contributed by atoms with Crippen LogP contribution < -0.4 is 10.2 Å². The van der Waals surface area contributed by atoms with Gasteiger partial charge in [-0.3, -0.25) is 15.0 Å². The Kier molecular flexibility index (Phi) is 7.99. The fraction of sp³-hybridized carbons (Fsp3) is 0.625. The molecule has 0 spiro atoms. The van der Waals surface area contributed by atoms with Crippen molar-refractivity contribution in [3.05, 3.63) is 17.5 Å². The number of amides is 2. The highest BCUT2D eigenvalue weighted by atomic mass is 19.4. The number of carbonyl (C=O) groups excluding carboxylic acids is 2. The van der Waals surface area contributed by atoms with Crippen LogP contribution in [0.5, 0.6) is 0 Å². The van der Waals surface area contributed by atoms with E-state index in [9.17, 15) is 41.0 Å². The van der Waals surface area contributed by atoms with Gasteiger partial charge in [0.2, 0.25) is 5.60 Å². The molecule has 2 aliphatic rings. The van der Waals surface area contributed by atoms with E-state index in [0.29, 0.717) is 6.07 Å². The molecule has 4 rings (SSSR count). The Hall–Kier alpha value is -3.47. The maximum atomic E-state index is 14.4. The second kappa shape index (κ2) is 10.7. The van der Waals surface area contributed by atoms with Gasteiger partial charge in [-0.15, -0.1) is 10.2 Å². The van der Waals surface area contributed by atoms with Gasteiger partial charge in [-0.05, 0) is 46.1 Å². The van der Waals surface area contributed by atoms with Crippen LogP contribution in [-0.4, -0.2) is 63.3 Å². The number of aromatic nitrogens is 3. The summed E-state index contributed by atoms with van der Waals surface area (Å²) in [6.07, 6.45) is -12.2. The van der Waals surface area contributed by atoms with Gasteiger partial charge in [0.05, 0.1) is 18.3 Å². The van der Waals surface area contributed by atoms with E-state index in [1.54, 1.807) is 0 Å². The molecule has 2 aromatic heterocycles. The third kappa shape index (κ3) is 6.39. The minimum atomic E-state index is -5.25. The second-order valence-electron chi connectivity index (χ2n) is 10.7. The Balaban J connectivity index is 1.98. The number of morpholine rings is 1. The van der Waals surface area contributed by atoms with E-state index in [4.69, 9.17) is 13.9 Å². The summed E-state index contributed by atoms with van der Waals surface area (Å²) in [4.78, 5) is 30.2. The van der Waals surface area contributed by atoms with Crippen LogP contribution in [0.3, 0.4) is 0 Å². The van der Waals surface area contributed by atoms with Gasteiger partial charge in [-0.2, -0.15) is 26.3 Å². The number of rotatable bonds is 1. The molecule has 2 amide bonds. The van der Waals surface area contributed by atoms with Crippen LogP contribution in [0.15, 0.2) is 10.5 Å². The Bertz CT molecular complexity index is 1310. The van der Waals surface area contributed by atoms with E-state index in [-0.39, 0.29) is 32.3 Å². The average molecular weight is 595 g/mol. The molecule has 11 nitrogen and oxygen atoms in total. The number of halogens is 6. The predicted molar refractivity (Wildman–Crippen MR) is 128 cm³/mol. The minimum absolute atomic E-state index is 0.0702. The fourth-order valence-electron chi connectivity index (χ4n) is 4.49. The van der Waals surface area contributed by atoms with Gasteiger partial charge in [0.25, 0.3) is 17.7 Å². The van der Waals surface area contributed by atoms with Crippen LogP contribution in [0.2, 0.25) is 0 Å². The Labute approximate surface area is 229 Å². The van der Waals surface area contributed by atoms with Crippen LogP contribution in [0, 0.1) is 0 Å². The third-order valence-corrected chi connectivity index (χ3v) is 6.37. The number of nitrogens with one attached hydrogen (secondary N) is 1. The van der Waals surface area contributed by atoms with E-state index in [1.807, 2.05) is 0 Å². The number of nitrogens with zero attached hydrogens (tertiary/aromatic N) is 4. The summed E-state index contributed by atoms with van der Waals surface area (Å²) < 4.78 is 101. The van der Waals surface area contributed by atoms with Crippen LogP contribution >= 0.6 is 0 Å². The molecule has 0 aromatic carbocycles. The number of hydrogen-bond donors (Lipinski definition) is 2. The quantitative estimate of drug-likeness (QED) is 0.439. The number of pyridine rings is 1. The maximum Gasteiger partial charge on any atom is 0.426 e. The van der Waals surface area contributed by atoms with E-state index in [1.165, 1.54) is 20.8 Å². The van der Waals surface area contributed by atoms with Gasteiger partial charge >= 0.3 is 18.4 Å². The molecule has 2 aliphatic heterocycles. The first-order valence-electron chi connectivity index (χ1n) is 12.6. The zero-order valence-corrected chi connectivity index (χ0v) is 22.1. The third-order valence-electron chi connectivity index (χ3n) is 6.37. The minimum Gasteiger partial charge on any atom is -0.444 e. The van der Waals surface area contributed by atoms with Crippen molar-refractivity contribution in [3.8, 4) is 11.6 Å². The van der Waals surface area contributed by atoms with Crippen LogP contribution in [-0.2, 0) is 26.0 Å². The number of ether oxygens (including phenoxy) is 2. The number of fused-ring (bicyclic) bond motifs is 7. The highest BCUT2D eigenvalue weighted by molar-refractivity contribution is 5.97. The molecule has 41 heavy (non-hydrogen) atoms. The molecule has 1 saturated heterocycles. The molecular weight excluding hydrogens is 568 g/mol. The molecule has 0 radical (unpaired) electrons. The van der Waals surface area contributed by atoms with E-state index >= 15 is 0 Å². The van der Waals surface area contributed by atoms with Crippen molar-refractivity contribution in [2.24, 2.45) is 0 Å². The molecule has 2 N–H and O–H groups in total. The van der Waals surface area contributed by atoms with Crippen molar-refractivity contribution in [2.45, 2.75) is 82.5 Å². The first kappa shape index (κ1) is 30.5. The Morgan fingerprint density at radius 3 is 2.49 bits per heavy atom. The number of carbonyl (C=O) groups is 2. The molecule has 1 fully saturated rings. The summed E-state index contributed by atoms with van der Waals surface area (Å²) in [5.41, 5.74) is -7.45. The van der Waals surface area contributed by atoms with Gasteiger partial charge in [0.1, 0.15) is 23.6 Å². The van der Waals surface area contributed by atoms with Crippen molar-refractivity contribution < 1.29 is 54.9 Å². The van der Waals surface area contributed by atoms with Gasteiger partial charge in [-0.1, -0.05) is 12.8 Å². The van der Waals surface area contributed by atoms with E-state index in [2.05, 4.69) is 20.5 Å². The molecule has 4 bridgehead atoms. The van der Waals surface area contributed by atoms with Gasteiger partial charge in [0, 0.05) is 0 Å². The lowest BCUT2D eigenvalue weighted by Gasteiger charge is -2.36. The van der Waals surface area contributed by atoms with Crippen molar-refractivity contribution in [1.82, 2.24) is 15.2 Å². The van der Waals surface area contributed by atoms with Crippen molar-refractivity contribution >= 4 is 23.5 Å². The topological polar surface area (TPSA) is 140 Å². The van der Waals surface area contributed by atoms with Crippen LogP contribution in [0.1, 0.15) is 64.3 Å². The molecule has 226 valence electrons. The molecule has 2 aromatic rings. The van der Waals surface area contributed by atoms with Crippen molar-refractivity contribution in [1.29, 1.82) is 0 Å². The highest BCUT2D eigenvalue weighted by Gasteiger charge is 2.58. The van der Waals surface area contributed by atoms with Gasteiger partial charge in [0.15, 0.2) is 5.69 Å².